The lowest BCUT2D eigenvalue weighted by Gasteiger charge is -2.09. The van der Waals surface area contributed by atoms with Gasteiger partial charge in [-0.25, -0.2) is 12.8 Å². The monoisotopic (exact) mass is 333 g/mol. The fourth-order valence-electron chi connectivity index (χ4n) is 2.05. The van der Waals surface area contributed by atoms with Crippen LogP contribution in [0.15, 0.2) is 59.3 Å². The SMILES string of the molecule is O=S(=O)(Cc1ccccc1F)Nc1cccc(-c2nnco2)c1. The smallest absolute Gasteiger partial charge is 0.247 e. The quantitative estimate of drug-likeness (QED) is 0.776. The molecule has 1 N–H and O–H groups in total. The van der Waals surface area contributed by atoms with E-state index in [2.05, 4.69) is 14.9 Å². The van der Waals surface area contributed by atoms with Crippen molar-refractivity contribution in [2.24, 2.45) is 0 Å². The molecule has 0 unspecified atom stereocenters. The summed E-state index contributed by atoms with van der Waals surface area (Å²) in [7, 11) is -3.75. The first-order chi connectivity index (χ1) is 11.0. The molecule has 3 aromatic rings. The number of hydrogen-bond donors (Lipinski definition) is 1. The summed E-state index contributed by atoms with van der Waals surface area (Å²) in [5.41, 5.74) is 1.01. The maximum atomic E-state index is 13.6. The standard InChI is InChI=1S/C15H12FN3O3S/c16-14-7-2-1-4-12(14)9-23(20,21)19-13-6-3-5-11(8-13)15-18-17-10-22-15/h1-8,10,19H,9H2. The molecule has 0 atom stereocenters. The van der Waals surface area contributed by atoms with Gasteiger partial charge in [0.2, 0.25) is 22.3 Å². The molecule has 0 radical (unpaired) electrons. The van der Waals surface area contributed by atoms with Gasteiger partial charge < -0.3 is 4.42 Å². The van der Waals surface area contributed by atoms with Crippen molar-refractivity contribution in [3.8, 4) is 11.5 Å². The molecule has 0 aliphatic heterocycles. The summed E-state index contributed by atoms with van der Waals surface area (Å²) in [6.45, 7) is 0. The molecule has 2 aromatic carbocycles. The van der Waals surface area contributed by atoms with Crippen molar-refractivity contribution in [1.82, 2.24) is 10.2 Å². The highest BCUT2D eigenvalue weighted by Gasteiger charge is 2.15. The van der Waals surface area contributed by atoms with Crippen LogP contribution in [-0.2, 0) is 15.8 Å². The molecule has 1 heterocycles. The maximum Gasteiger partial charge on any atom is 0.247 e. The Hall–Kier alpha value is -2.74. The van der Waals surface area contributed by atoms with Crippen LogP contribution in [0.3, 0.4) is 0 Å². The van der Waals surface area contributed by atoms with Gasteiger partial charge in [-0.05, 0) is 24.3 Å². The largest absolute Gasteiger partial charge is 0.423 e. The van der Waals surface area contributed by atoms with Crippen LogP contribution in [0.2, 0.25) is 0 Å². The van der Waals surface area contributed by atoms with E-state index in [1.807, 2.05) is 0 Å². The number of halogens is 1. The average Bonchev–Trinajstić information content (AvgIpc) is 3.03. The highest BCUT2D eigenvalue weighted by atomic mass is 32.2. The van der Waals surface area contributed by atoms with E-state index >= 15 is 0 Å². The zero-order chi connectivity index (χ0) is 16.3. The number of sulfonamides is 1. The van der Waals surface area contributed by atoms with E-state index in [9.17, 15) is 12.8 Å². The molecular formula is C15H12FN3O3S. The average molecular weight is 333 g/mol. The highest BCUT2D eigenvalue weighted by molar-refractivity contribution is 7.91. The van der Waals surface area contributed by atoms with E-state index in [1.54, 1.807) is 30.3 Å². The molecule has 8 heteroatoms. The Morgan fingerprint density at radius 1 is 1.13 bits per heavy atom. The Labute approximate surface area is 132 Å². The molecule has 0 saturated carbocycles. The fourth-order valence-corrected chi connectivity index (χ4v) is 3.25. The third kappa shape index (κ3) is 3.72. The number of anilines is 1. The maximum absolute atomic E-state index is 13.6. The van der Waals surface area contributed by atoms with Gasteiger partial charge in [-0.2, -0.15) is 0 Å². The van der Waals surface area contributed by atoms with Crippen LogP contribution in [-0.4, -0.2) is 18.6 Å². The second kappa shape index (κ2) is 6.17. The molecule has 0 amide bonds. The van der Waals surface area contributed by atoms with Gasteiger partial charge in [-0.3, -0.25) is 4.72 Å². The van der Waals surface area contributed by atoms with E-state index in [1.165, 1.54) is 24.6 Å². The van der Waals surface area contributed by atoms with Crippen molar-refractivity contribution < 1.29 is 17.2 Å². The number of hydrogen-bond acceptors (Lipinski definition) is 5. The lowest BCUT2D eigenvalue weighted by atomic mass is 10.2. The van der Waals surface area contributed by atoms with E-state index in [0.717, 1.165) is 0 Å². The second-order valence-corrected chi connectivity index (χ2v) is 6.50. The highest BCUT2D eigenvalue weighted by Crippen LogP contribution is 2.22. The summed E-state index contributed by atoms with van der Waals surface area (Å²) in [5, 5.41) is 7.33. The number of nitrogens with one attached hydrogen (secondary N) is 1. The summed E-state index contributed by atoms with van der Waals surface area (Å²) in [6, 6.07) is 12.3. The molecule has 0 fully saturated rings. The van der Waals surface area contributed by atoms with Crippen LogP contribution >= 0.6 is 0 Å². The van der Waals surface area contributed by atoms with Crippen LogP contribution in [0.5, 0.6) is 0 Å². The molecule has 1 aromatic heterocycles. The number of rotatable bonds is 5. The third-order valence-corrected chi connectivity index (χ3v) is 4.28. The number of benzene rings is 2. The summed E-state index contributed by atoms with van der Waals surface area (Å²) < 4.78 is 45.4. The minimum atomic E-state index is -3.75. The molecular weight excluding hydrogens is 321 g/mol. The molecule has 0 spiro atoms. The lowest BCUT2D eigenvalue weighted by Crippen LogP contribution is -2.15. The number of aromatic nitrogens is 2. The predicted octanol–water partition coefficient (Wildman–Crippen LogP) is 2.82. The minimum absolute atomic E-state index is 0.105. The molecule has 6 nitrogen and oxygen atoms in total. The summed E-state index contributed by atoms with van der Waals surface area (Å²) in [6.07, 6.45) is 1.18. The zero-order valence-electron chi connectivity index (χ0n) is 11.8. The Balaban J connectivity index is 1.81. The first-order valence-electron chi connectivity index (χ1n) is 6.64. The zero-order valence-corrected chi connectivity index (χ0v) is 12.6. The van der Waals surface area contributed by atoms with E-state index < -0.39 is 21.6 Å². The van der Waals surface area contributed by atoms with E-state index in [-0.39, 0.29) is 11.5 Å². The van der Waals surface area contributed by atoms with Gasteiger partial charge >= 0.3 is 0 Å². The van der Waals surface area contributed by atoms with Crippen LogP contribution < -0.4 is 4.72 Å². The molecule has 0 aliphatic rings. The molecule has 23 heavy (non-hydrogen) atoms. The Morgan fingerprint density at radius 3 is 2.70 bits per heavy atom. The normalized spacial score (nSPS) is 11.3. The van der Waals surface area contributed by atoms with Crippen molar-refractivity contribution in [2.75, 3.05) is 4.72 Å². The summed E-state index contributed by atoms with van der Waals surface area (Å²) >= 11 is 0. The van der Waals surface area contributed by atoms with Gasteiger partial charge in [0.15, 0.2) is 0 Å². The van der Waals surface area contributed by atoms with Crippen molar-refractivity contribution in [3.05, 3.63) is 66.3 Å². The molecule has 0 aliphatic carbocycles. The molecule has 118 valence electrons. The van der Waals surface area contributed by atoms with Crippen LogP contribution in [0.1, 0.15) is 5.56 Å². The van der Waals surface area contributed by atoms with Crippen molar-refractivity contribution >= 4 is 15.7 Å². The lowest BCUT2D eigenvalue weighted by molar-refractivity contribution is 0.568. The Morgan fingerprint density at radius 2 is 1.96 bits per heavy atom. The van der Waals surface area contributed by atoms with Gasteiger partial charge in [-0.1, -0.05) is 24.3 Å². The molecule has 3 rings (SSSR count). The van der Waals surface area contributed by atoms with Crippen molar-refractivity contribution in [3.63, 3.8) is 0 Å². The summed E-state index contributed by atoms with van der Waals surface area (Å²) in [5.74, 6) is -0.734. The van der Waals surface area contributed by atoms with Gasteiger partial charge in [0.1, 0.15) is 5.82 Å². The fraction of sp³-hybridized carbons (Fsp3) is 0.0667. The number of nitrogens with zero attached hydrogens (tertiary/aromatic N) is 2. The molecule has 0 bridgehead atoms. The summed E-state index contributed by atoms with van der Waals surface area (Å²) in [4.78, 5) is 0. The van der Waals surface area contributed by atoms with Crippen LogP contribution in [0, 0.1) is 5.82 Å². The third-order valence-electron chi connectivity index (χ3n) is 3.05. The predicted molar refractivity (Wildman–Crippen MR) is 82.4 cm³/mol. The van der Waals surface area contributed by atoms with Crippen molar-refractivity contribution in [1.29, 1.82) is 0 Å². The van der Waals surface area contributed by atoms with Gasteiger partial charge in [0.05, 0.1) is 5.75 Å². The second-order valence-electron chi connectivity index (χ2n) is 4.78. The Bertz CT molecular complexity index is 911. The van der Waals surface area contributed by atoms with Gasteiger partial charge in [0, 0.05) is 16.8 Å². The van der Waals surface area contributed by atoms with Crippen LogP contribution in [0.25, 0.3) is 11.5 Å². The van der Waals surface area contributed by atoms with Crippen molar-refractivity contribution in [2.45, 2.75) is 5.75 Å². The first kappa shape index (κ1) is 15.2. The Kier molecular flexibility index (Phi) is 4.07. The topological polar surface area (TPSA) is 85.1 Å². The van der Waals surface area contributed by atoms with E-state index in [0.29, 0.717) is 11.3 Å². The minimum Gasteiger partial charge on any atom is -0.423 e. The van der Waals surface area contributed by atoms with Crippen LogP contribution in [0.4, 0.5) is 10.1 Å². The van der Waals surface area contributed by atoms with E-state index in [4.69, 9.17) is 4.42 Å². The van der Waals surface area contributed by atoms with Gasteiger partial charge in [-0.15, -0.1) is 10.2 Å². The molecule has 0 saturated heterocycles. The first-order valence-corrected chi connectivity index (χ1v) is 8.29. The van der Waals surface area contributed by atoms with Gasteiger partial charge in [0.25, 0.3) is 0 Å².